The summed E-state index contributed by atoms with van der Waals surface area (Å²) in [5.74, 6) is -0.00166. The van der Waals surface area contributed by atoms with Gasteiger partial charge in [-0.15, -0.1) is 0 Å². The van der Waals surface area contributed by atoms with Gasteiger partial charge in [-0.05, 0) is 18.6 Å². The van der Waals surface area contributed by atoms with Crippen LogP contribution in [0.1, 0.15) is 5.56 Å². The van der Waals surface area contributed by atoms with E-state index in [2.05, 4.69) is 0 Å². The Bertz CT molecular complexity index is 360. The molecule has 0 saturated carbocycles. The largest absolute Gasteiger partial charge is 0.486 e. The fraction of sp³-hybridized carbons (Fsp3) is 0.500. The third kappa shape index (κ3) is 3.96. The lowest BCUT2D eigenvalue weighted by Gasteiger charge is -2.23. The maximum Gasteiger partial charge on any atom is 0.139 e. The van der Waals surface area contributed by atoms with Gasteiger partial charge in [0, 0.05) is 13.2 Å². The number of hydrogen-bond donors (Lipinski definition) is 2. The van der Waals surface area contributed by atoms with E-state index in [1.165, 1.54) is 19.2 Å². The van der Waals surface area contributed by atoms with Gasteiger partial charge in [-0.25, -0.2) is 4.39 Å². The van der Waals surface area contributed by atoms with Crippen molar-refractivity contribution in [2.75, 3.05) is 20.3 Å². The maximum absolute atomic E-state index is 13.1. The lowest BCUT2D eigenvalue weighted by Crippen LogP contribution is -2.44. The predicted molar refractivity (Wildman–Crippen MR) is 62.5 cm³/mol. The molecule has 0 radical (unpaired) electrons. The molecule has 0 aliphatic carbocycles. The number of aliphatic hydroxyl groups excluding tert-OH is 1. The summed E-state index contributed by atoms with van der Waals surface area (Å²) in [4.78, 5) is 0. The molecule has 0 amide bonds. The van der Waals surface area contributed by atoms with Gasteiger partial charge in [0.15, 0.2) is 0 Å². The normalized spacial score (nSPS) is 14.4. The molecule has 1 aromatic rings. The molecule has 0 heterocycles. The second kappa shape index (κ2) is 6.54. The molecule has 0 saturated heterocycles. The Morgan fingerprint density at radius 2 is 2.18 bits per heavy atom. The van der Waals surface area contributed by atoms with Crippen LogP contribution in [-0.2, 0) is 4.74 Å². The number of nitrogens with two attached hydrogens (primary N) is 1. The number of hydrogen-bond acceptors (Lipinski definition) is 4. The standard InChI is InChI=1S/C12H18FNO3/c1-8-3-4-9(13)5-11(8)17-12(6-15)10(14)7-16-2/h3-5,10,12,15H,6-7,14H2,1-2H3. The monoisotopic (exact) mass is 243 g/mol. The molecule has 4 nitrogen and oxygen atoms in total. The molecule has 1 aromatic carbocycles. The first-order valence-electron chi connectivity index (χ1n) is 5.36. The van der Waals surface area contributed by atoms with Gasteiger partial charge in [-0.1, -0.05) is 6.07 Å². The molecule has 5 heteroatoms. The number of aliphatic hydroxyl groups is 1. The van der Waals surface area contributed by atoms with E-state index in [0.29, 0.717) is 5.75 Å². The van der Waals surface area contributed by atoms with Crippen LogP contribution in [0.25, 0.3) is 0 Å². The second-order valence-corrected chi connectivity index (χ2v) is 3.87. The number of aryl methyl sites for hydroxylation is 1. The number of halogens is 1. The summed E-state index contributed by atoms with van der Waals surface area (Å²) in [6.07, 6.45) is -0.615. The molecular weight excluding hydrogens is 225 g/mol. The van der Waals surface area contributed by atoms with E-state index in [1.54, 1.807) is 13.0 Å². The summed E-state index contributed by atoms with van der Waals surface area (Å²) < 4.78 is 23.4. The van der Waals surface area contributed by atoms with Gasteiger partial charge in [-0.2, -0.15) is 0 Å². The Hall–Kier alpha value is -1.17. The molecule has 0 aromatic heterocycles. The van der Waals surface area contributed by atoms with Crippen LogP contribution in [0.5, 0.6) is 5.75 Å². The zero-order chi connectivity index (χ0) is 12.8. The van der Waals surface area contributed by atoms with Crippen LogP contribution < -0.4 is 10.5 Å². The van der Waals surface area contributed by atoms with Gasteiger partial charge in [-0.3, -0.25) is 0 Å². The number of methoxy groups -OCH3 is 1. The number of rotatable bonds is 6. The molecule has 0 bridgehead atoms. The van der Waals surface area contributed by atoms with Gasteiger partial charge >= 0.3 is 0 Å². The average Bonchev–Trinajstić information content (AvgIpc) is 2.30. The quantitative estimate of drug-likeness (QED) is 0.777. The first-order chi connectivity index (χ1) is 8.08. The highest BCUT2D eigenvalue weighted by atomic mass is 19.1. The Labute approximate surface area is 100 Å². The lowest BCUT2D eigenvalue weighted by molar-refractivity contribution is 0.0599. The van der Waals surface area contributed by atoms with Gasteiger partial charge in [0.1, 0.15) is 17.7 Å². The maximum atomic E-state index is 13.1. The van der Waals surface area contributed by atoms with E-state index < -0.39 is 12.1 Å². The van der Waals surface area contributed by atoms with Gasteiger partial charge in [0.05, 0.1) is 19.3 Å². The van der Waals surface area contributed by atoms with E-state index in [-0.39, 0.29) is 19.0 Å². The molecule has 0 fully saturated rings. The molecular formula is C12H18FNO3. The third-order valence-electron chi connectivity index (χ3n) is 2.45. The SMILES string of the molecule is COCC(N)C(CO)Oc1cc(F)ccc1C. The third-order valence-corrected chi connectivity index (χ3v) is 2.45. The van der Waals surface area contributed by atoms with Gasteiger partial charge in [0.25, 0.3) is 0 Å². The van der Waals surface area contributed by atoms with E-state index >= 15 is 0 Å². The highest BCUT2D eigenvalue weighted by molar-refractivity contribution is 5.32. The van der Waals surface area contributed by atoms with Crippen LogP contribution in [0.4, 0.5) is 4.39 Å². The molecule has 0 aliphatic rings. The predicted octanol–water partition coefficient (Wildman–Crippen LogP) is 0.848. The van der Waals surface area contributed by atoms with Crippen molar-refractivity contribution in [3.8, 4) is 5.75 Å². The zero-order valence-electron chi connectivity index (χ0n) is 10.0. The Kier molecular flexibility index (Phi) is 5.34. The van der Waals surface area contributed by atoms with Crippen molar-refractivity contribution >= 4 is 0 Å². The summed E-state index contributed by atoms with van der Waals surface area (Å²) in [6, 6.07) is 3.77. The minimum atomic E-state index is -0.615. The van der Waals surface area contributed by atoms with Crippen molar-refractivity contribution in [1.82, 2.24) is 0 Å². The van der Waals surface area contributed by atoms with Crippen LogP contribution >= 0.6 is 0 Å². The first kappa shape index (κ1) is 13.9. The molecule has 17 heavy (non-hydrogen) atoms. The van der Waals surface area contributed by atoms with Crippen LogP contribution in [-0.4, -0.2) is 37.6 Å². The highest BCUT2D eigenvalue weighted by Crippen LogP contribution is 2.20. The van der Waals surface area contributed by atoms with Crippen LogP contribution in [0.3, 0.4) is 0 Å². The smallest absolute Gasteiger partial charge is 0.139 e. The fourth-order valence-corrected chi connectivity index (χ4v) is 1.42. The minimum absolute atomic E-state index is 0.250. The average molecular weight is 243 g/mol. The van der Waals surface area contributed by atoms with Crippen molar-refractivity contribution in [3.63, 3.8) is 0 Å². The topological polar surface area (TPSA) is 64.7 Å². The lowest BCUT2D eigenvalue weighted by atomic mass is 10.1. The summed E-state index contributed by atoms with van der Waals surface area (Å²) in [5, 5.41) is 9.19. The van der Waals surface area contributed by atoms with E-state index in [4.69, 9.17) is 15.2 Å². The van der Waals surface area contributed by atoms with Gasteiger partial charge < -0.3 is 20.3 Å². The molecule has 2 unspecified atom stereocenters. The summed E-state index contributed by atoms with van der Waals surface area (Å²) in [6.45, 7) is 1.81. The highest BCUT2D eigenvalue weighted by Gasteiger charge is 2.19. The van der Waals surface area contributed by atoms with E-state index in [1.807, 2.05) is 0 Å². The van der Waals surface area contributed by atoms with Crippen molar-refractivity contribution in [3.05, 3.63) is 29.6 Å². The van der Waals surface area contributed by atoms with Crippen LogP contribution in [0, 0.1) is 12.7 Å². The minimum Gasteiger partial charge on any atom is -0.486 e. The molecule has 2 atom stereocenters. The summed E-state index contributed by atoms with van der Waals surface area (Å²) >= 11 is 0. The molecule has 1 rings (SSSR count). The molecule has 0 spiro atoms. The van der Waals surface area contributed by atoms with Crippen LogP contribution in [0.15, 0.2) is 18.2 Å². The van der Waals surface area contributed by atoms with E-state index in [9.17, 15) is 9.50 Å². The summed E-state index contributed by atoms with van der Waals surface area (Å²) in [7, 11) is 1.52. The first-order valence-corrected chi connectivity index (χ1v) is 5.36. The van der Waals surface area contributed by atoms with Crippen molar-refractivity contribution < 1.29 is 19.0 Å². The zero-order valence-corrected chi connectivity index (χ0v) is 10.0. The van der Waals surface area contributed by atoms with Crippen molar-refractivity contribution in [1.29, 1.82) is 0 Å². The molecule has 0 aliphatic heterocycles. The number of ether oxygens (including phenoxy) is 2. The van der Waals surface area contributed by atoms with Crippen LogP contribution in [0.2, 0.25) is 0 Å². The Morgan fingerprint density at radius 1 is 1.47 bits per heavy atom. The van der Waals surface area contributed by atoms with Crippen molar-refractivity contribution in [2.24, 2.45) is 5.73 Å². The van der Waals surface area contributed by atoms with Crippen molar-refractivity contribution in [2.45, 2.75) is 19.1 Å². The number of benzene rings is 1. The molecule has 96 valence electrons. The Balaban J connectivity index is 2.76. The molecule has 3 N–H and O–H groups in total. The second-order valence-electron chi connectivity index (χ2n) is 3.87. The fourth-order valence-electron chi connectivity index (χ4n) is 1.42. The Morgan fingerprint density at radius 3 is 2.76 bits per heavy atom. The van der Waals surface area contributed by atoms with Gasteiger partial charge in [0.2, 0.25) is 0 Å². The van der Waals surface area contributed by atoms with E-state index in [0.717, 1.165) is 5.56 Å². The summed E-state index contributed by atoms with van der Waals surface area (Å²) in [5.41, 5.74) is 6.56.